The van der Waals surface area contributed by atoms with E-state index in [-0.39, 0.29) is 12.4 Å². The number of aryl methyl sites for hydroxylation is 1. The summed E-state index contributed by atoms with van der Waals surface area (Å²) in [6.07, 6.45) is 29.8. The maximum atomic E-state index is 14.1. The molecule has 1 aromatic heterocycles. The number of hydrogen-bond acceptors (Lipinski definition) is 3. The van der Waals surface area contributed by atoms with Crippen molar-refractivity contribution in [1.82, 2.24) is 0 Å². The third-order valence-corrected chi connectivity index (χ3v) is 13.5. The van der Waals surface area contributed by atoms with Crippen LogP contribution in [0.5, 0.6) is 0 Å². The summed E-state index contributed by atoms with van der Waals surface area (Å²) in [6, 6.07) is 3.80. The first-order valence-corrected chi connectivity index (χ1v) is 23.6. The molecular formula is C46H89ClNO3P. The number of aromatic nitrogens is 1. The standard InChI is InChI=1S/C46H89NO3P.ClH/c1-38(2)18-12-20-40(5)22-14-24-42(7)26-16-28-44(9)32-36-49-51(48,46-30-34-47(11)35-31-46)50-37-33-45(10)29-17-27-43(8)25-15-23-41(6)21-13-19-39(3)4;/h30-31,34-35,38-45H,12-29,32-33,36-37H2,1-11H3;1H/q+1;/p-1. The molecule has 308 valence electrons. The number of nitrogens with zero attached hydrogens (tertiary/aromatic N) is 1. The molecule has 0 saturated carbocycles. The Kier molecular flexibility index (Phi) is 30.5. The van der Waals surface area contributed by atoms with Gasteiger partial charge in [0.1, 0.15) is 7.05 Å². The summed E-state index contributed by atoms with van der Waals surface area (Å²) in [5.74, 6) is 6.13. The predicted molar refractivity (Wildman–Crippen MR) is 224 cm³/mol. The highest BCUT2D eigenvalue weighted by Crippen LogP contribution is 2.47. The van der Waals surface area contributed by atoms with Gasteiger partial charge in [-0.15, -0.1) is 0 Å². The molecule has 1 heterocycles. The van der Waals surface area contributed by atoms with E-state index in [1.54, 1.807) is 0 Å². The van der Waals surface area contributed by atoms with Crippen LogP contribution in [0.1, 0.15) is 198 Å². The van der Waals surface area contributed by atoms with Crippen molar-refractivity contribution in [2.75, 3.05) is 13.2 Å². The number of halogens is 1. The highest BCUT2D eigenvalue weighted by molar-refractivity contribution is 7.62. The number of pyridine rings is 1. The van der Waals surface area contributed by atoms with Gasteiger partial charge in [0.2, 0.25) is 0 Å². The second-order valence-corrected chi connectivity index (χ2v) is 20.5. The van der Waals surface area contributed by atoms with Gasteiger partial charge in [-0.1, -0.05) is 185 Å². The molecule has 0 spiro atoms. The second-order valence-electron chi connectivity index (χ2n) is 18.5. The quantitative estimate of drug-likeness (QED) is 0.0528. The van der Waals surface area contributed by atoms with Gasteiger partial charge >= 0.3 is 7.60 Å². The predicted octanol–water partition coefficient (Wildman–Crippen LogP) is 11.3. The van der Waals surface area contributed by atoms with Gasteiger partial charge in [-0.2, -0.15) is 0 Å². The van der Waals surface area contributed by atoms with E-state index < -0.39 is 7.60 Å². The fourth-order valence-electron chi connectivity index (χ4n) is 7.48. The molecule has 0 N–H and O–H groups in total. The largest absolute Gasteiger partial charge is 1.00 e. The van der Waals surface area contributed by atoms with E-state index in [1.165, 1.54) is 116 Å². The molecule has 52 heavy (non-hydrogen) atoms. The van der Waals surface area contributed by atoms with Crippen LogP contribution in [0.4, 0.5) is 0 Å². The minimum atomic E-state index is -3.37. The van der Waals surface area contributed by atoms with Crippen molar-refractivity contribution in [3.63, 3.8) is 0 Å². The van der Waals surface area contributed by atoms with Gasteiger partial charge < -0.3 is 21.5 Å². The van der Waals surface area contributed by atoms with Gasteiger partial charge in [0, 0.05) is 12.1 Å². The van der Waals surface area contributed by atoms with E-state index in [1.807, 2.05) is 36.1 Å². The number of hydrogen-bond donors (Lipinski definition) is 0. The Hall–Kier alpha value is -0.410. The molecule has 0 aliphatic rings. The molecule has 0 saturated heterocycles. The topological polar surface area (TPSA) is 39.4 Å². The Bertz CT molecular complexity index is 948. The van der Waals surface area contributed by atoms with E-state index in [9.17, 15) is 4.57 Å². The molecule has 6 unspecified atom stereocenters. The van der Waals surface area contributed by atoms with Gasteiger partial charge in [-0.3, -0.25) is 4.57 Å². The van der Waals surface area contributed by atoms with Gasteiger partial charge in [0.05, 0.1) is 18.5 Å². The summed E-state index contributed by atoms with van der Waals surface area (Å²) in [5, 5.41) is 0.673. The highest BCUT2D eigenvalue weighted by atomic mass is 35.5. The fraction of sp³-hybridized carbons (Fsp3) is 0.891. The van der Waals surface area contributed by atoms with Crippen LogP contribution < -0.4 is 22.3 Å². The molecule has 0 aromatic carbocycles. The molecular weight excluding hydrogens is 681 g/mol. The van der Waals surface area contributed by atoms with Crippen molar-refractivity contribution in [3.8, 4) is 0 Å². The van der Waals surface area contributed by atoms with Crippen LogP contribution >= 0.6 is 7.60 Å². The van der Waals surface area contributed by atoms with Crippen LogP contribution in [0.2, 0.25) is 0 Å². The van der Waals surface area contributed by atoms with E-state index in [4.69, 9.17) is 9.05 Å². The van der Waals surface area contributed by atoms with E-state index in [2.05, 4.69) is 69.2 Å². The highest BCUT2D eigenvalue weighted by Gasteiger charge is 2.29. The lowest BCUT2D eigenvalue weighted by Gasteiger charge is -2.21. The van der Waals surface area contributed by atoms with Crippen LogP contribution in [0.3, 0.4) is 0 Å². The van der Waals surface area contributed by atoms with Crippen LogP contribution in [-0.2, 0) is 20.7 Å². The number of rotatable bonds is 33. The van der Waals surface area contributed by atoms with Crippen molar-refractivity contribution in [3.05, 3.63) is 24.5 Å². The maximum Gasteiger partial charge on any atom is 0.361 e. The Morgan fingerprint density at radius 2 is 0.712 bits per heavy atom. The fourth-order valence-corrected chi connectivity index (χ4v) is 9.05. The molecule has 6 heteroatoms. The van der Waals surface area contributed by atoms with Crippen molar-refractivity contribution in [2.45, 2.75) is 198 Å². The Balaban J connectivity index is 0.0000260. The molecule has 0 fully saturated rings. The Morgan fingerprint density at radius 1 is 0.462 bits per heavy atom. The van der Waals surface area contributed by atoms with Gasteiger partial charge in [-0.25, -0.2) is 4.57 Å². The Labute approximate surface area is 332 Å². The summed E-state index contributed by atoms with van der Waals surface area (Å²) in [4.78, 5) is 0. The molecule has 1 rings (SSSR count). The lowest BCUT2D eigenvalue weighted by Crippen LogP contribution is -3.00. The molecule has 1 aromatic rings. The first kappa shape index (κ1) is 51.6. The zero-order valence-electron chi connectivity index (χ0n) is 36.5. The third-order valence-electron chi connectivity index (χ3n) is 11.6. The van der Waals surface area contributed by atoms with Gasteiger partial charge in [0.25, 0.3) is 0 Å². The van der Waals surface area contributed by atoms with Crippen LogP contribution in [0.15, 0.2) is 24.5 Å². The maximum absolute atomic E-state index is 14.1. The normalized spacial score (nSPS) is 16.6. The molecule has 6 atom stereocenters. The summed E-state index contributed by atoms with van der Waals surface area (Å²) in [5.41, 5.74) is 0. The average molecular weight is 771 g/mol. The summed E-state index contributed by atoms with van der Waals surface area (Å²) >= 11 is 0. The first-order valence-electron chi connectivity index (χ1n) is 22.0. The van der Waals surface area contributed by atoms with Crippen molar-refractivity contribution in [2.24, 2.45) is 54.4 Å². The minimum absolute atomic E-state index is 0. The lowest BCUT2D eigenvalue weighted by atomic mass is 9.91. The molecule has 0 aliphatic heterocycles. The lowest BCUT2D eigenvalue weighted by molar-refractivity contribution is -0.671. The third kappa shape index (κ3) is 27.2. The summed E-state index contributed by atoms with van der Waals surface area (Å²) in [7, 11) is -1.39. The minimum Gasteiger partial charge on any atom is -1.00 e. The molecule has 0 amide bonds. The van der Waals surface area contributed by atoms with Gasteiger partial charge in [0.15, 0.2) is 12.4 Å². The molecule has 0 radical (unpaired) electrons. The van der Waals surface area contributed by atoms with Crippen LogP contribution in [0, 0.1) is 47.3 Å². The molecule has 0 aliphatic carbocycles. The van der Waals surface area contributed by atoms with E-state index >= 15 is 0 Å². The summed E-state index contributed by atoms with van der Waals surface area (Å²) in [6.45, 7) is 24.7. The zero-order chi connectivity index (χ0) is 38.1. The molecule has 0 bridgehead atoms. The van der Waals surface area contributed by atoms with E-state index in [0.717, 1.165) is 48.3 Å². The van der Waals surface area contributed by atoms with Crippen molar-refractivity contribution >= 4 is 12.9 Å². The SMILES string of the molecule is CC(C)CCCC(C)CCCC(C)CCCC(C)CCOP(=O)(OCCC(C)CCCC(C)CCCC(C)CCCC(C)C)c1cc[n+](C)cc1.[Cl-]. The zero-order valence-corrected chi connectivity index (χ0v) is 38.1. The average Bonchev–Trinajstić information content (AvgIpc) is 3.04. The van der Waals surface area contributed by atoms with E-state index in [0.29, 0.717) is 30.4 Å². The van der Waals surface area contributed by atoms with Gasteiger partial charge in [-0.05, 0) is 60.2 Å². The Morgan fingerprint density at radius 3 is 0.981 bits per heavy atom. The van der Waals surface area contributed by atoms with Crippen LogP contribution in [-0.4, -0.2) is 13.2 Å². The van der Waals surface area contributed by atoms with Crippen molar-refractivity contribution in [1.29, 1.82) is 0 Å². The first-order chi connectivity index (χ1) is 24.2. The molecule has 4 nitrogen and oxygen atoms in total. The summed E-state index contributed by atoms with van der Waals surface area (Å²) < 4.78 is 28.4. The monoisotopic (exact) mass is 770 g/mol. The second kappa shape index (κ2) is 30.8. The smallest absolute Gasteiger partial charge is 0.361 e. The van der Waals surface area contributed by atoms with Crippen molar-refractivity contribution < 1.29 is 30.6 Å². The van der Waals surface area contributed by atoms with Crippen LogP contribution in [0.25, 0.3) is 0 Å².